The van der Waals surface area contributed by atoms with Crippen LogP contribution in [0.1, 0.15) is 32.4 Å². The van der Waals surface area contributed by atoms with Gasteiger partial charge in [0.1, 0.15) is 5.54 Å². The second kappa shape index (κ2) is 6.23. The molecule has 1 N–H and O–H groups in total. The van der Waals surface area contributed by atoms with Crippen molar-refractivity contribution < 1.29 is 18.4 Å². The summed E-state index contributed by atoms with van der Waals surface area (Å²) in [7, 11) is 1.80. The Labute approximate surface area is 134 Å². The van der Waals surface area contributed by atoms with Gasteiger partial charge >= 0.3 is 6.03 Å². The van der Waals surface area contributed by atoms with Crippen molar-refractivity contribution in [1.82, 2.24) is 15.1 Å². The molecule has 1 aliphatic rings. The van der Waals surface area contributed by atoms with Gasteiger partial charge in [-0.05, 0) is 45.5 Å². The van der Waals surface area contributed by atoms with E-state index in [0.717, 1.165) is 12.1 Å². The smallest absolute Gasteiger partial charge is 0.324 e. The summed E-state index contributed by atoms with van der Waals surface area (Å²) in [6.07, 6.45) is 0. The Morgan fingerprint density at radius 1 is 1.26 bits per heavy atom. The van der Waals surface area contributed by atoms with E-state index < -0.39 is 23.2 Å². The molecule has 3 amide bonds. The number of rotatable bonds is 5. The number of likely N-dealkylation sites (N-methyl/N-ethyl adjacent to an activating group) is 1. The fourth-order valence-electron chi connectivity index (χ4n) is 2.50. The van der Waals surface area contributed by atoms with Gasteiger partial charge in [-0.1, -0.05) is 6.07 Å². The number of nitrogens with one attached hydrogen (secondary N) is 1. The van der Waals surface area contributed by atoms with Crippen LogP contribution in [0.2, 0.25) is 0 Å². The highest BCUT2D eigenvalue weighted by Gasteiger charge is 2.43. The summed E-state index contributed by atoms with van der Waals surface area (Å²) in [5.41, 5.74) is -0.259. The summed E-state index contributed by atoms with van der Waals surface area (Å²) in [5.74, 6) is -2.04. The molecule has 2 rings (SSSR count). The highest BCUT2D eigenvalue weighted by atomic mass is 19.2. The van der Waals surface area contributed by atoms with Gasteiger partial charge in [0, 0.05) is 19.1 Å². The molecular formula is C16H21F2N3O2. The molecule has 0 saturated carbocycles. The summed E-state index contributed by atoms with van der Waals surface area (Å²) in [4.78, 5) is 27.0. The van der Waals surface area contributed by atoms with Crippen molar-refractivity contribution in [1.29, 1.82) is 0 Å². The standard InChI is InChI=1S/C16H21F2N3O2/c1-10(11-5-6-12(17)13(18)9-11)20(4)7-8-21-14(22)16(2,3)19-15(21)23/h5-6,9-10H,7-8H2,1-4H3,(H,19,23)/t10-/m1/s1. The Kier molecular flexibility index (Phi) is 4.70. The fourth-order valence-corrected chi connectivity index (χ4v) is 2.50. The second-order valence-electron chi connectivity index (χ2n) is 6.34. The van der Waals surface area contributed by atoms with Crippen molar-refractivity contribution >= 4 is 11.9 Å². The summed E-state index contributed by atoms with van der Waals surface area (Å²) in [6, 6.07) is 3.19. The number of amides is 3. The minimum Gasteiger partial charge on any atom is -0.324 e. The fraction of sp³-hybridized carbons (Fsp3) is 0.500. The van der Waals surface area contributed by atoms with Crippen molar-refractivity contribution in [2.75, 3.05) is 20.1 Å². The molecule has 1 aliphatic heterocycles. The number of carbonyl (C=O) groups is 2. The monoisotopic (exact) mass is 325 g/mol. The third-order valence-corrected chi connectivity index (χ3v) is 4.21. The molecule has 0 aromatic heterocycles. The van der Waals surface area contributed by atoms with Crippen LogP contribution in [0, 0.1) is 11.6 Å². The number of hydrogen-bond acceptors (Lipinski definition) is 3. The van der Waals surface area contributed by atoms with Crippen LogP contribution in [0.5, 0.6) is 0 Å². The van der Waals surface area contributed by atoms with Gasteiger partial charge in [-0.25, -0.2) is 13.6 Å². The van der Waals surface area contributed by atoms with Crippen LogP contribution in [0.3, 0.4) is 0 Å². The number of imide groups is 1. The van der Waals surface area contributed by atoms with Crippen molar-refractivity contribution in [3.63, 3.8) is 0 Å². The lowest BCUT2D eigenvalue weighted by atomic mass is 10.1. The van der Waals surface area contributed by atoms with E-state index in [2.05, 4.69) is 5.32 Å². The highest BCUT2D eigenvalue weighted by molar-refractivity contribution is 6.06. The van der Waals surface area contributed by atoms with Crippen molar-refractivity contribution in [3.05, 3.63) is 35.4 Å². The van der Waals surface area contributed by atoms with Crippen LogP contribution in [-0.4, -0.2) is 47.4 Å². The number of hydrogen-bond donors (Lipinski definition) is 1. The second-order valence-corrected chi connectivity index (χ2v) is 6.34. The Morgan fingerprint density at radius 3 is 2.43 bits per heavy atom. The molecule has 0 spiro atoms. The maximum atomic E-state index is 13.3. The minimum atomic E-state index is -0.890. The predicted octanol–water partition coefficient (Wildman–Crippen LogP) is 2.29. The van der Waals surface area contributed by atoms with Gasteiger partial charge < -0.3 is 5.32 Å². The third kappa shape index (κ3) is 3.50. The lowest BCUT2D eigenvalue weighted by Gasteiger charge is -2.27. The van der Waals surface area contributed by atoms with Crippen LogP contribution >= 0.6 is 0 Å². The maximum absolute atomic E-state index is 13.3. The Balaban J connectivity index is 1.99. The van der Waals surface area contributed by atoms with E-state index in [1.807, 2.05) is 11.8 Å². The number of urea groups is 1. The summed E-state index contributed by atoms with van der Waals surface area (Å²) in [6.45, 7) is 5.82. The maximum Gasteiger partial charge on any atom is 0.325 e. The van der Waals surface area contributed by atoms with Crippen LogP contribution in [-0.2, 0) is 4.79 Å². The van der Waals surface area contributed by atoms with E-state index >= 15 is 0 Å². The minimum absolute atomic E-state index is 0.182. The van der Waals surface area contributed by atoms with Crippen LogP contribution < -0.4 is 5.32 Å². The molecule has 126 valence electrons. The predicted molar refractivity (Wildman–Crippen MR) is 81.7 cm³/mol. The average molecular weight is 325 g/mol. The molecule has 1 aromatic carbocycles. The van der Waals surface area contributed by atoms with Gasteiger partial charge in [0.15, 0.2) is 11.6 Å². The number of benzene rings is 1. The quantitative estimate of drug-likeness (QED) is 0.845. The topological polar surface area (TPSA) is 52.6 Å². The van der Waals surface area contributed by atoms with Gasteiger partial charge in [0.2, 0.25) is 0 Å². The molecule has 23 heavy (non-hydrogen) atoms. The largest absolute Gasteiger partial charge is 0.325 e. The van der Waals surface area contributed by atoms with Gasteiger partial charge in [-0.2, -0.15) is 0 Å². The number of halogens is 2. The van der Waals surface area contributed by atoms with Crippen molar-refractivity contribution in [3.8, 4) is 0 Å². The van der Waals surface area contributed by atoms with Crippen LogP contribution in [0.4, 0.5) is 13.6 Å². The molecule has 0 aliphatic carbocycles. The first-order chi connectivity index (χ1) is 10.6. The van der Waals surface area contributed by atoms with Crippen LogP contribution in [0.25, 0.3) is 0 Å². The average Bonchev–Trinajstić information content (AvgIpc) is 2.67. The summed E-state index contributed by atoms with van der Waals surface area (Å²) in [5, 5.41) is 2.62. The van der Waals surface area contributed by atoms with Gasteiger partial charge in [-0.15, -0.1) is 0 Å². The van der Waals surface area contributed by atoms with E-state index in [1.165, 1.54) is 11.0 Å². The first-order valence-corrected chi connectivity index (χ1v) is 7.43. The van der Waals surface area contributed by atoms with Crippen molar-refractivity contribution in [2.45, 2.75) is 32.4 Å². The zero-order valence-electron chi connectivity index (χ0n) is 13.7. The van der Waals surface area contributed by atoms with E-state index in [1.54, 1.807) is 20.9 Å². The Hall–Kier alpha value is -2.02. The number of carbonyl (C=O) groups excluding carboxylic acids is 2. The van der Waals surface area contributed by atoms with E-state index in [9.17, 15) is 18.4 Å². The van der Waals surface area contributed by atoms with Crippen molar-refractivity contribution in [2.24, 2.45) is 0 Å². The summed E-state index contributed by atoms with van der Waals surface area (Å²) < 4.78 is 26.3. The Morgan fingerprint density at radius 2 is 1.91 bits per heavy atom. The zero-order valence-corrected chi connectivity index (χ0v) is 13.7. The molecule has 7 heteroatoms. The van der Waals surface area contributed by atoms with Crippen LogP contribution in [0.15, 0.2) is 18.2 Å². The first kappa shape index (κ1) is 17.3. The summed E-state index contributed by atoms with van der Waals surface area (Å²) >= 11 is 0. The molecule has 0 radical (unpaired) electrons. The van der Waals surface area contributed by atoms with Gasteiger partial charge in [0.05, 0.1) is 0 Å². The molecule has 1 heterocycles. The molecular weight excluding hydrogens is 304 g/mol. The molecule has 1 fully saturated rings. The normalized spacial score (nSPS) is 18.5. The van der Waals surface area contributed by atoms with Gasteiger partial charge in [0.25, 0.3) is 5.91 Å². The zero-order chi connectivity index (χ0) is 17.4. The van der Waals surface area contributed by atoms with E-state index in [4.69, 9.17) is 0 Å². The molecule has 5 nitrogen and oxygen atoms in total. The van der Waals surface area contributed by atoms with E-state index in [0.29, 0.717) is 12.1 Å². The molecule has 0 unspecified atom stereocenters. The van der Waals surface area contributed by atoms with Gasteiger partial charge in [-0.3, -0.25) is 14.6 Å². The first-order valence-electron chi connectivity index (χ1n) is 7.43. The highest BCUT2D eigenvalue weighted by Crippen LogP contribution is 2.21. The Bertz CT molecular complexity index is 634. The third-order valence-electron chi connectivity index (χ3n) is 4.21. The molecule has 1 aromatic rings. The molecule has 1 atom stereocenters. The molecule has 0 bridgehead atoms. The molecule has 1 saturated heterocycles. The lowest BCUT2D eigenvalue weighted by Crippen LogP contribution is -2.41. The SMILES string of the molecule is C[C@H](c1ccc(F)c(F)c1)N(C)CCN1C(=O)NC(C)(C)C1=O. The number of nitrogens with zero attached hydrogens (tertiary/aromatic N) is 2. The lowest BCUT2D eigenvalue weighted by molar-refractivity contribution is -0.130. The van der Waals surface area contributed by atoms with E-state index in [-0.39, 0.29) is 18.5 Å².